The molecule has 0 unspecified atom stereocenters. The van der Waals surface area contributed by atoms with E-state index >= 15 is 0 Å². The van der Waals surface area contributed by atoms with Crippen LogP contribution in [0.25, 0.3) is 0 Å². The fourth-order valence-electron chi connectivity index (χ4n) is 6.32. The average molecular weight is 413 g/mol. The number of hydrogen-bond donors (Lipinski definition) is 2. The molecule has 3 saturated carbocycles. The lowest BCUT2D eigenvalue weighted by molar-refractivity contribution is 0.0862. The standard InChI is InChI=1S/C28H44O2/c1-18(2)19(3)9-10-20(4)25-13-14-26-22(8-7-15-28(25,26)6)11-12-23-16-24(29)17-27(30)21(23)5/h9-12,18-20,24-27,29-30H,5,7-8,13-17H2,1-4,6H3/b10-9?,22-11+,23-12-/t19-,20-,24-,25-,26+,27+,28-/m1/s1. The molecule has 3 rings (SSSR count). The van der Waals surface area contributed by atoms with Crippen LogP contribution < -0.4 is 0 Å². The largest absolute Gasteiger partial charge is 0.393 e. The maximum atomic E-state index is 10.1. The number of aliphatic hydroxyl groups excluding tert-OH is 2. The van der Waals surface area contributed by atoms with Crippen LogP contribution in [0.2, 0.25) is 0 Å². The van der Waals surface area contributed by atoms with Crippen molar-refractivity contribution in [2.24, 2.45) is 35.0 Å². The molecule has 3 aliphatic rings. The topological polar surface area (TPSA) is 40.5 Å². The SMILES string of the molecule is C=C1/C(=C\C=C2/CCC[C@]3(C)[C@@H]([C@H](C)C=C[C@@H](C)C(C)C)CC[C@@H]23)C[C@@H](O)C[C@@H]1O. The van der Waals surface area contributed by atoms with E-state index < -0.39 is 12.2 Å². The first kappa shape index (κ1) is 23.5. The Kier molecular flexibility index (Phi) is 7.51. The molecule has 0 aromatic carbocycles. The first-order valence-corrected chi connectivity index (χ1v) is 12.3. The summed E-state index contributed by atoms with van der Waals surface area (Å²) in [5.74, 6) is 3.38. The van der Waals surface area contributed by atoms with Crippen LogP contribution in [-0.4, -0.2) is 22.4 Å². The van der Waals surface area contributed by atoms with E-state index in [0.717, 1.165) is 17.1 Å². The highest BCUT2D eigenvalue weighted by atomic mass is 16.3. The summed E-state index contributed by atoms with van der Waals surface area (Å²) in [4.78, 5) is 0. The Hall–Kier alpha value is -1.12. The van der Waals surface area contributed by atoms with Gasteiger partial charge in [-0.25, -0.2) is 0 Å². The van der Waals surface area contributed by atoms with E-state index in [1.54, 1.807) is 5.57 Å². The van der Waals surface area contributed by atoms with Crippen molar-refractivity contribution < 1.29 is 10.2 Å². The Morgan fingerprint density at radius 3 is 2.50 bits per heavy atom. The van der Waals surface area contributed by atoms with Gasteiger partial charge in [0.05, 0.1) is 12.2 Å². The molecule has 2 heteroatoms. The van der Waals surface area contributed by atoms with Crippen LogP contribution in [-0.2, 0) is 0 Å². The summed E-state index contributed by atoms with van der Waals surface area (Å²) in [5, 5.41) is 20.2. The highest BCUT2D eigenvalue weighted by Crippen LogP contribution is 2.59. The Labute approximate surface area is 184 Å². The summed E-state index contributed by atoms with van der Waals surface area (Å²) in [6.07, 6.45) is 15.8. The summed E-state index contributed by atoms with van der Waals surface area (Å²) < 4.78 is 0. The van der Waals surface area contributed by atoms with Crippen LogP contribution >= 0.6 is 0 Å². The van der Waals surface area contributed by atoms with Gasteiger partial charge in [-0.05, 0) is 84.7 Å². The van der Waals surface area contributed by atoms with Gasteiger partial charge in [0.25, 0.3) is 0 Å². The molecule has 7 atom stereocenters. The van der Waals surface area contributed by atoms with Gasteiger partial charge in [-0.1, -0.05) is 71.1 Å². The van der Waals surface area contributed by atoms with Crippen molar-refractivity contribution in [3.8, 4) is 0 Å². The maximum absolute atomic E-state index is 10.1. The second-order valence-electron chi connectivity index (χ2n) is 11.0. The molecule has 0 bridgehead atoms. The minimum Gasteiger partial charge on any atom is -0.393 e. The second kappa shape index (κ2) is 9.57. The van der Waals surface area contributed by atoms with E-state index in [-0.39, 0.29) is 0 Å². The second-order valence-corrected chi connectivity index (χ2v) is 11.0. The summed E-state index contributed by atoms with van der Waals surface area (Å²) in [6, 6.07) is 0. The molecule has 0 aliphatic heterocycles. The van der Waals surface area contributed by atoms with Gasteiger partial charge >= 0.3 is 0 Å². The van der Waals surface area contributed by atoms with Crippen molar-refractivity contribution in [1.29, 1.82) is 0 Å². The van der Waals surface area contributed by atoms with E-state index in [4.69, 9.17) is 0 Å². The predicted molar refractivity (Wildman–Crippen MR) is 127 cm³/mol. The van der Waals surface area contributed by atoms with E-state index in [1.165, 1.54) is 32.1 Å². The fourth-order valence-corrected chi connectivity index (χ4v) is 6.32. The quantitative estimate of drug-likeness (QED) is 0.499. The number of rotatable bonds is 5. The lowest BCUT2D eigenvalue weighted by Gasteiger charge is -2.44. The number of hydrogen-bond acceptors (Lipinski definition) is 2. The molecule has 0 radical (unpaired) electrons. The average Bonchev–Trinajstić information content (AvgIpc) is 3.04. The van der Waals surface area contributed by atoms with Crippen LogP contribution in [0.3, 0.4) is 0 Å². The van der Waals surface area contributed by atoms with Crippen LogP contribution in [0, 0.1) is 35.0 Å². The zero-order valence-electron chi connectivity index (χ0n) is 19.9. The highest BCUT2D eigenvalue weighted by molar-refractivity contribution is 5.38. The molecular weight excluding hydrogens is 368 g/mol. The van der Waals surface area contributed by atoms with Crippen molar-refractivity contribution >= 4 is 0 Å². The zero-order chi connectivity index (χ0) is 22.1. The van der Waals surface area contributed by atoms with E-state index in [2.05, 4.69) is 65.5 Å². The van der Waals surface area contributed by atoms with Crippen LogP contribution in [0.1, 0.15) is 79.6 Å². The molecule has 2 N–H and O–H groups in total. The molecule has 0 spiro atoms. The highest BCUT2D eigenvalue weighted by Gasteiger charge is 2.50. The van der Waals surface area contributed by atoms with Gasteiger partial charge in [0.2, 0.25) is 0 Å². The number of aliphatic hydroxyl groups is 2. The minimum atomic E-state index is -0.605. The monoisotopic (exact) mass is 412 g/mol. The van der Waals surface area contributed by atoms with E-state index in [9.17, 15) is 10.2 Å². The van der Waals surface area contributed by atoms with Crippen molar-refractivity contribution in [3.63, 3.8) is 0 Å². The van der Waals surface area contributed by atoms with E-state index in [0.29, 0.717) is 41.9 Å². The number of allylic oxidation sites excluding steroid dienone is 5. The third-order valence-corrected chi connectivity index (χ3v) is 8.71. The van der Waals surface area contributed by atoms with E-state index in [1.807, 2.05) is 0 Å². The molecule has 0 aromatic rings. The van der Waals surface area contributed by atoms with Gasteiger partial charge in [-0.15, -0.1) is 0 Å². The van der Waals surface area contributed by atoms with Crippen LogP contribution in [0.4, 0.5) is 0 Å². The molecule has 3 fully saturated rings. The summed E-state index contributed by atoms with van der Waals surface area (Å²) in [7, 11) is 0. The Bertz CT molecular complexity index is 712. The van der Waals surface area contributed by atoms with Gasteiger partial charge in [0.1, 0.15) is 0 Å². The summed E-state index contributed by atoms with van der Waals surface area (Å²) >= 11 is 0. The molecule has 2 nitrogen and oxygen atoms in total. The number of fused-ring (bicyclic) bond motifs is 1. The Morgan fingerprint density at radius 1 is 1.07 bits per heavy atom. The smallest absolute Gasteiger partial charge is 0.0811 e. The first-order chi connectivity index (χ1) is 14.1. The minimum absolute atomic E-state index is 0.385. The third kappa shape index (κ3) is 4.86. The Balaban J connectivity index is 1.76. The molecule has 30 heavy (non-hydrogen) atoms. The lowest BCUT2D eigenvalue weighted by atomic mass is 9.61. The summed E-state index contributed by atoms with van der Waals surface area (Å²) in [5.41, 5.74) is 3.77. The molecule has 0 amide bonds. The van der Waals surface area contributed by atoms with Crippen LogP contribution in [0.5, 0.6) is 0 Å². The molecular formula is C28H44O2. The van der Waals surface area contributed by atoms with Gasteiger partial charge < -0.3 is 10.2 Å². The molecule has 0 saturated heterocycles. The normalized spacial score (nSPS) is 39.8. The zero-order valence-corrected chi connectivity index (χ0v) is 19.9. The van der Waals surface area contributed by atoms with Gasteiger partial charge in [0.15, 0.2) is 0 Å². The molecule has 3 aliphatic carbocycles. The van der Waals surface area contributed by atoms with Crippen molar-refractivity contribution in [3.05, 3.63) is 47.6 Å². The summed E-state index contributed by atoms with van der Waals surface area (Å²) in [6.45, 7) is 16.0. The lowest BCUT2D eigenvalue weighted by Crippen LogP contribution is -2.35. The van der Waals surface area contributed by atoms with Crippen molar-refractivity contribution in [1.82, 2.24) is 0 Å². The maximum Gasteiger partial charge on any atom is 0.0811 e. The first-order valence-electron chi connectivity index (χ1n) is 12.3. The van der Waals surface area contributed by atoms with Gasteiger partial charge in [-0.2, -0.15) is 0 Å². The Morgan fingerprint density at radius 2 is 1.80 bits per heavy atom. The predicted octanol–water partition coefficient (Wildman–Crippen LogP) is 6.61. The fraction of sp³-hybridized carbons (Fsp3) is 0.714. The molecule has 168 valence electrons. The van der Waals surface area contributed by atoms with Crippen molar-refractivity contribution in [2.45, 2.75) is 91.8 Å². The van der Waals surface area contributed by atoms with Gasteiger partial charge in [-0.3, -0.25) is 0 Å². The van der Waals surface area contributed by atoms with Crippen LogP contribution in [0.15, 0.2) is 47.6 Å². The van der Waals surface area contributed by atoms with Gasteiger partial charge in [0, 0.05) is 6.42 Å². The van der Waals surface area contributed by atoms with Crippen molar-refractivity contribution in [2.75, 3.05) is 0 Å². The molecule has 0 aromatic heterocycles. The third-order valence-electron chi connectivity index (χ3n) is 8.71. The molecule has 0 heterocycles.